The maximum atomic E-state index is 13.4. The molecule has 192 valence electrons. The van der Waals surface area contributed by atoms with E-state index in [2.05, 4.69) is 17.1 Å². The van der Waals surface area contributed by atoms with Crippen LogP contribution in [-0.4, -0.2) is 23.6 Å². The molecule has 0 saturated carbocycles. The number of benzene rings is 3. The van der Waals surface area contributed by atoms with Crippen LogP contribution in [-0.2, 0) is 12.7 Å². The second-order valence-electron chi connectivity index (χ2n) is 9.80. The number of nitrogens with one attached hydrogen (secondary N) is 1. The summed E-state index contributed by atoms with van der Waals surface area (Å²) < 4.78 is 40.8. The van der Waals surface area contributed by atoms with Gasteiger partial charge < -0.3 is 20.5 Å². The number of alkyl halides is 3. The lowest BCUT2D eigenvalue weighted by atomic mass is 9.99. The fourth-order valence-corrected chi connectivity index (χ4v) is 4.85. The summed E-state index contributed by atoms with van der Waals surface area (Å²) in [5, 5.41) is 3.75. The first-order valence-electron chi connectivity index (χ1n) is 12.4. The van der Waals surface area contributed by atoms with Crippen LogP contribution in [0.3, 0.4) is 0 Å². The minimum atomic E-state index is -4.40. The highest BCUT2D eigenvalue weighted by molar-refractivity contribution is 6.06. The van der Waals surface area contributed by atoms with Gasteiger partial charge in [0.1, 0.15) is 5.69 Å². The fraction of sp³-hybridized carbons (Fsp3) is 0.276. The highest BCUT2D eigenvalue weighted by atomic mass is 19.4. The first kappa shape index (κ1) is 24.7. The van der Waals surface area contributed by atoms with E-state index < -0.39 is 11.7 Å². The number of halogens is 3. The second kappa shape index (κ2) is 9.84. The van der Waals surface area contributed by atoms with Crippen molar-refractivity contribution in [3.63, 3.8) is 0 Å². The largest absolute Gasteiger partial charge is 0.416 e. The van der Waals surface area contributed by atoms with Crippen molar-refractivity contribution in [2.24, 2.45) is 5.92 Å². The van der Waals surface area contributed by atoms with E-state index in [1.165, 1.54) is 25.0 Å². The van der Waals surface area contributed by atoms with Gasteiger partial charge in [-0.3, -0.25) is 4.79 Å². The first-order valence-corrected chi connectivity index (χ1v) is 12.4. The Kier molecular flexibility index (Phi) is 6.58. The van der Waals surface area contributed by atoms with Crippen molar-refractivity contribution in [3.05, 3.63) is 89.6 Å². The summed E-state index contributed by atoms with van der Waals surface area (Å²) in [6.45, 7) is 4.57. The van der Waals surface area contributed by atoms with E-state index in [9.17, 15) is 18.0 Å². The molecule has 1 saturated heterocycles. The van der Waals surface area contributed by atoms with Crippen LogP contribution < -0.4 is 16.0 Å². The number of nitrogens with zero attached hydrogens (tertiary/aromatic N) is 2. The van der Waals surface area contributed by atoms with Crippen LogP contribution in [0.1, 0.15) is 41.4 Å². The van der Waals surface area contributed by atoms with Crippen molar-refractivity contribution in [2.45, 2.75) is 32.5 Å². The molecule has 2 heterocycles. The molecule has 4 aromatic rings. The Balaban J connectivity index is 1.39. The van der Waals surface area contributed by atoms with E-state index in [1.54, 1.807) is 22.8 Å². The van der Waals surface area contributed by atoms with Crippen molar-refractivity contribution in [2.75, 3.05) is 29.0 Å². The topological polar surface area (TPSA) is 63.3 Å². The number of fused-ring (bicyclic) bond motifs is 1. The number of carbonyl (C=O) groups excluding carboxylic acids is 1. The van der Waals surface area contributed by atoms with E-state index >= 15 is 0 Å². The molecule has 0 atom stereocenters. The normalized spacial score (nSPS) is 14.8. The van der Waals surface area contributed by atoms with Crippen molar-refractivity contribution in [1.82, 2.24) is 4.57 Å². The third kappa shape index (κ3) is 5.43. The number of aromatic nitrogens is 1. The molecule has 5 rings (SSSR count). The van der Waals surface area contributed by atoms with Gasteiger partial charge in [0.05, 0.1) is 5.56 Å². The maximum absolute atomic E-state index is 13.4. The van der Waals surface area contributed by atoms with Crippen LogP contribution in [0.15, 0.2) is 72.8 Å². The minimum absolute atomic E-state index is 0.237. The summed E-state index contributed by atoms with van der Waals surface area (Å²) in [6.07, 6.45) is -2.05. The van der Waals surface area contributed by atoms with E-state index in [1.807, 2.05) is 30.3 Å². The Labute approximate surface area is 213 Å². The summed E-state index contributed by atoms with van der Waals surface area (Å²) in [5.41, 5.74) is 9.44. The highest BCUT2D eigenvalue weighted by Crippen LogP contribution is 2.30. The molecule has 1 fully saturated rings. The van der Waals surface area contributed by atoms with Gasteiger partial charge in [-0.1, -0.05) is 19.1 Å². The molecule has 0 bridgehead atoms. The zero-order valence-electron chi connectivity index (χ0n) is 20.6. The van der Waals surface area contributed by atoms with Crippen molar-refractivity contribution in [1.29, 1.82) is 0 Å². The molecular formula is C29H29F3N4O. The van der Waals surface area contributed by atoms with Gasteiger partial charge in [-0.15, -0.1) is 0 Å². The standard InChI is InChI=1S/C29H29F3N4O/c1-19-12-14-35(15-13-19)25-9-7-24(8-10-25)34-28(37)27-17-21-16-23(33)6-11-26(21)36(27)18-20-2-4-22(5-3-20)29(30,31)32/h2-11,16-17,19H,12-15,18,33H2,1H3,(H,34,37). The predicted molar refractivity (Wildman–Crippen MR) is 142 cm³/mol. The Morgan fingerprint density at radius 3 is 2.30 bits per heavy atom. The second-order valence-corrected chi connectivity index (χ2v) is 9.80. The van der Waals surface area contributed by atoms with Crippen molar-refractivity contribution in [3.8, 4) is 0 Å². The molecule has 37 heavy (non-hydrogen) atoms. The molecule has 1 aliphatic heterocycles. The van der Waals surface area contributed by atoms with Gasteiger partial charge in [-0.2, -0.15) is 13.2 Å². The number of carbonyl (C=O) groups is 1. The average molecular weight is 507 g/mol. The molecule has 0 radical (unpaired) electrons. The van der Waals surface area contributed by atoms with E-state index in [0.29, 0.717) is 22.6 Å². The first-order chi connectivity index (χ1) is 17.7. The number of hydrogen-bond acceptors (Lipinski definition) is 3. The van der Waals surface area contributed by atoms with Crippen molar-refractivity contribution < 1.29 is 18.0 Å². The van der Waals surface area contributed by atoms with Gasteiger partial charge in [-0.05, 0) is 85.0 Å². The number of piperidine rings is 1. The number of nitrogens with two attached hydrogens (primary N) is 1. The number of amides is 1. The quantitative estimate of drug-likeness (QED) is 0.293. The van der Waals surface area contributed by atoms with Crippen LogP contribution in [0.5, 0.6) is 0 Å². The molecule has 0 spiro atoms. The maximum Gasteiger partial charge on any atom is 0.416 e. The van der Waals surface area contributed by atoms with E-state index in [0.717, 1.165) is 47.7 Å². The molecular weight excluding hydrogens is 477 g/mol. The van der Waals surface area contributed by atoms with E-state index in [4.69, 9.17) is 5.73 Å². The van der Waals surface area contributed by atoms with Crippen LogP contribution in [0, 0.1) is 5.92 Å². The molecule has 3 aromatic carbocycles. The Morgan fingerprint density at radius 1 is 0.973 bits per heavy atom. The lowest BCUT2D eigenvalue weighted by Crippen LogP contribution is -2.32. The zero-order valence-corrected chi connectivity index (χ0v) is 20.6. The Bertz CT molecular complexity index is 1400. The SMILES string of the molecule is CC1CCN(c2ccc(NC(=O)c3cc4cc(N)ccc4n3Cc3ccc(C(F)(F)F)cc3)cc2)CC1. The van der Waals surface area contributed by atoms with Gasteiger partial charge >= 0.3 is 6.18 Å². The molecule has 1 aliphatic rings. The average Bonchev–Trinajstić information content (AvgIpc) is 3.22. The summed E-state index contributed by atoms with van der Waals surface area (Å²) >= 11 is 0. The third-order valence-electron chi connectivity index (χ3n) is 7.05. The zero-order chi connectivity index (χ0) is 26.2. The van der Waals surface area contributed by atoms with Gasteiger partial charge in [0.25, 0.3) is 5.91 Å². The Hall–Kier alpha value is -3.94. The fourth-order valence-electron chi connectivity index (χ4n) is 4.85. The molecule has 3 N–H and O–H groups in total. The van der Waals surface area contributed by atoms with Crippen LogP contribution in [0.2, 0.25) is 0 Å². The van der Waals surface area contributed by atoms with Gasteiger partial charge in [0.2, 0.25) is 0 Å². The molecule has 0 unspecified atom stereocenters. The molecule has 1 amide bonds. The van der Waals surface area contributed by atoms with Crippen LogP contribution in [0.4, 0.5) is 30.2 Å². The van der Waals surface area contributed by atoms with Crippen molar-refractivity contribution >= 4 is 33.9 Å². The van der Waals surface area contributed by atoms with E-state index in [-0.39, 0.29) is 12.5 Å². The smallest absolute Gasteiger partial charge is 0.399 e. The minimum Gasteiger partial charge on any atom is -0.399 e. The third-order valence-corrected chi connectivity index (χ3v) is 7.05. The van der Waals surface area contributed by atoms with Crippen LogP contribution >= 0.6 is 0 Å². The molecule has 8 heteroatoms. The summed E-state index contributed by atoms with van der Waals surface area (Å²) in [6, 6.07) is 19.9. The van der Waals surface area contributed by atoms with Gasteiger partial charge in [0, 0.05) is 47.6 Å². The highest BCUT2D eigenvalue weighted by Gasteiger charge is 2.30. The number of nitrogen functional groups attached to an aromatic ring is 1. The molecule has 0 aliphatic carbocycles. The summed E-state index contributed by atoms with van der Waals surface area (Å²) in [4.78, 5) is 15.7. The van der Waals surface area contributed by atoms with Crippen LogP contribution in [0.25, 0.3) is 10.9 Å². The lowest BCUT2D eigenvalue weighted by Gasteiger charge is -2.32. The number of hydrogen-bond donors (Lipinski definition) is 2. The number of anilines is 3. The molecule has 5 nitrogen and oxygen atoms in total. The summed E-state index contributed by atoms with van der Waals surface area (Å²) in [5.74, 6) is 0.445. The monoisotopic (exact) mass is 506 g/mol. The summed E-state index contributed by atoms with van der Waals surface area (Å²) in [7, 11) is 0. The van der Waals surface area contributed by atoms with Gasteiger partial charge in [0.15, 0.2) is 0 Å². The number of rotatable bonds is 5. The molecule has 1 aromatic heterocycles. The Morgan fingerprint density at radius 2 is 1.65 bits per heavy atom. The predicted octanol–water partition coefficient (Wildman–Crippen LogP) is 6.78. The lowest BCUT2D eigenvalue weighted by molar-refractivity contribution is -0.137. The van der Waals surface area contributed by atoms with Gasteiger partial charge in [-0.25, -0.2) is 0 Å².